The van der Waals surface area contributed by atoms with Crippen LogP contribution in [-0.4, -0.2) is 35.1 Å². The highest BCUT2D eigenvalue weighted by atomic mass is 79.9. The van der Waals surface area contributed by atoms with Crippen molar-refractivity contribution in [2.24, 2.45) is 0 Å². The second kappa shape index (κ2) is 12.8. The molecule has 0 atom stereocenters. The quantitative estimate of drug-likeness (QED) is 0.185. The van der Waals surface area contributed by atoms with Crippen molar-refractivity contribution in [1.82, 2.24) is 4.90 Å². The van der Waals surface area contributed by atoms with Crippen LogP contribution >= 0.6 is 39.3 Å². The lowest BCUT2D eigenvalue weighted by Gasteiger charge is -2.15. The summed E-state index contributed by atoms with van der Waals surface area (Å²) < 4.78 is 12.7. The maximum Gasteiger partial charge on any atom is 0.294 e. The molecule has 1 heterocycles. The molecule has 0 unspecified atom stereocenters. The van der Waals surface area contributed by atoms with Crippen LogP contribution in [-0.2, 0) is 16.2 Å². The van der Waals surface area contributed by atoms with Crippen LogP contribution in [0.25, 0.3) is 16.8 Å². The summed E-state index contributed by atoms with van der Waals surface area (Å²) in [6, 6.07) is 24.5. The molecule has 5 rings (SSSR count). The fraction of sp³-hybridized carbons (Fsp3) is 0.129. The summed E-state index contributed by atoms with van der Waals surface area (Å²) >= 11 is 10.4. The van der Waals surface area contributed by atoms with Crippen molar-refractivity contribution in [3.05, 3.63) is 104 Å². The fourth-order valence-electron chi connectivity index (χ4n) is 4.29. The Morgan fingerprint density at radius 1 is 1.00 bits per heavy atom. The SMILES string of the molecule is CCOc1cc(/C=C2/SC(=O)N(CC(=O)Nc3ccccc3Cl)C2=O)c(Br)cc1OCc1cccc2ccccc12. The summed E-state index contributed by atoms with van der Waals surface area (Å²) in [7, 11) is 0. The van der Waals surface area contributed by atoms with Gasteiger partial charge in [0.2, 0.25) is 5.91 Å². The maximum absolute atomic E-state index is 13.1. The zero-order valence-electron chi connectivity index (χ0n) is 21.9. The van der Waals surface area contributed by atoms with Gasteiger partial charge in [-0.25, -0.2) is 0 Å². The third-order valence-electron chi connectivity index (χ3n) is 6.24. The topological polar surface area (TPSA) is 84.9 Å². The Hall–Kier alpha value is -3.79. The van der Waals surface area contributed by atoms with Gasteiger partial charge in [-0.1, -0.05) is 82.1 Å². The highest BCUT2D eigenvalue weighted by Gasteiger charge is 2.36. The summed E-state index contributed by atoms with van der Waals surface area (Å²) in [4.78, 5) is 39.3. The van der Waals surface area contributed by atoms with E-state index in [-0.39, 0.29) is 4.91 Å². The molecule has 0 spiro atoms. The van der Waals surface area contributed by atoms with Crippen molar-refractivity contribution in [3.8, 4) is 11.5 Å². The Bertz CT molecular complexity index is 1690. The number of halogens is 2. The first-order valence-electron chi connectivity index (χ1n) is 12.7. The van der Waals surface area contributed by atoms with Crippen molar-refractivity contribution in [2.45, 2.75) is 13.5 Å². The molecule has 1 aliphatic rings. The summed E-state index contributed by atoms with van der Waals surface area (Å²) in [6.45, 7) is 2.18. The Kier molecular flexibility index (Phi) is 8.97. The highest BCUT2D eigenvalue weighted by molar-refractivity contribution is 9.10. The van der Waals surface area contributed by atoms with Crippen LogP contribution in [0.5, 0.6) is 11.5 Å². The number of benzene rings is 4. The van der Waals surface area contributed by atoms with Crippen LogP contribution in [0.1, 0.15) is 18.1 Å². The van der Waals surface area contributed by atoms with E-state index in [2.05, 4.69) is 39.4 Å². The molecule has 4 aromatic rings. The van der Waals surface area contributed by atoms with E-state index in [4.69, 9.17) is 21.1 Å². The normalized spacial score (nSPS) is 14.1. The molecular weight excluding hydrogens is 628 g/mol. The molecular formula is C31H24BrClN2O5S. The number of thioether (sulfide) groups is 1. The molecule has 0 saturated carbocycles. The minimum atomic E-state index is -0.560. The Balaban J connectivity index is 1.33. The van der Waals surface area contributed by atoms with E-state index in [0.717, 1.165) is 33.0 Å². The molecule has 4 aromatic carbocycles. The van der Waals surface area contributed by atoms with E-state index in [0.29, 0.717) is 45.5 Å². The third kappa shape index (κ3) is 6.59. The van der Waals surface area contributed by atoms with Crippen LogP contribution in [0.15, 0.2) is 88.2 Å². The van der Waals surface area contributed by atoms with E-state index < -0.39 is 23.6 Å². The maximum atomic E-state index is 13.1. The van der Waals surface area contributed by atoms with Gasteiger partial charge in [0, 0.05) is 4.47 Å². The number of para-hydroxylation sites is 1. The molecule has 41 heavy (non-hydrogen) atoms. The zero-order chi connectivity index (χ0) is 28.9. The van der Waals surface area contributed by atoms with Crippen molar-refractivity contribution in [2.75, 3.05) is 18.5 Å². The van der Waals surface area contributed by atoms with Gasteiger partial charge in [-0.3, -0.25) is 19.3 Å². The van der Waals surface area contributed by atoms with Crippen LogP contribution in [0.2, 0.25) is 5.02 Å². The van der Waals surface area contributed by atoms with E-state index in [1.54, 1.807) is 42.5 Å². The zero-order valence-corrected chi connectivity index (χ0v) is 25.0. The first-order chi connectivity index (χ1) is 19.8. The van der Waals surface area contributed by atoms with Crippen LogP contribution in [0, 0.1) is 0 Å². The largest absolute Gasteiger partial charge is 0.490 e. The number of imide groups is 1. The van der Waals surface area contributed by atoms with Gasteiger partial charge in [-0.05, 0) is 70.9 Å². The Labute approximate surface area is 254 Å². The lowest BCUT2D eigenvalue weighted by molar-refractivity contribution is -0.127. The van der Waals surface area contributed by atoms with Crippen molar-refractivity contribution in [1.29, 1.82) is 0 Å². The molecule has 3 amide bonds. The number of rotatable bonds is 9. The molecule has 1 fully saturated rings. The number of carbonyl (C=O) groups is 3. The van der Waals surface area contributed by atoms with E-state index in [9.17, 15) is 14.4 Å². The molecule has 7 nitrogen and oxygen atoms in total. The average Bonchev–Trinajstić information content (AvgIpc) is 3.22. The first kappa shape index (κ1) is 28.7. The van der Waals surface area contributed by atoms with Gasteiger partial charge < -0.3 is 14.8 Å². The fourth-order valence-corrected chi connectivity index (χ4v) is 5.74. The number of hydrogen-bond acceptors (Lipinski definition) is 6. The second-order valence-electron chi connectivity index (χ2n) is 8.98. The predicted molar refractivity (Wildman–Crippen MR) is 166 cm³/mol. The molecule has 208 valence electrons. The molecule has 0 radical (unpaired) electrons. The molecule has 1 saturated heterocycles. The standard InChI is InChI=1S/C31H24BrClN2O5S/c1-2-39-26-14-21(23(32)16-27(26)40-18-20-10-7-9-19-8-3-4-11-22(19)20)15-28-30(37)35(31(38)41-28)17-29(36)34-25-13-6-5-12-24(25)33/h3-16H,2,17-18H2,1H3,(H,34,36)/b28-15+. The van der Waals surface area contributed by atoms with Gasteiger partial charge in [0.05, 0.1) is 22.2 Å². The minimum Gasteiger partial charge on any atom is -0.490 e. The van der Waals surface area contributed by atoms with E-state index >= 15 is 0 Å². The predicted octanol–water partition coefficient (Wildman–Crippen LogP) is 7.91. The van der Waals surface area contributed by atoms with Gasteiger partial charge in [-0.15, -0.1) is 0 Å². The molecule has 1 N–H and O–H groups in total. The molecule has 10 heteroatoms. The molecule has 0 aromatic heterocycles. The number of fused-ring (bicyclic) bond motifs is 1. The minimum absolute atomic E-state index is 0.188. The summed E-state index contributed by atoms with van der Waals surface area (Å²) in [5.41, 5.74) is 2.06. The monoisotopic (exact) mass is 650 g/mol. The summed E-state index contributed by atoms with van der Waals surface area (Å²) in [5.74, 6) is -0.0571. The highest BCUT2D eigenvalue weighted by Crippen LogP contribution is 2.39. The van der Waals surface area contributed by atoms with Crippen molar-refractivity contribution < 1.29 is 23.9 Å². The van der Waals surface area contributed by atoms with E-state index in [1.807, 2.05) is 31.2 Å². The summed E-state index contributed by atoms with van der Waals surface area (Å²) in [6.07, 6.45) is 1.60. The number of carbonyl (C=O) groups excluding carboxylic acids is 3. The number of amides is 3. The Morgan fingerprint density at radius 3 is 2.54 bits per heavy atom. The van der Waals surface area contributed by atoms with Gasteiger partial charge in [0.1, 0.15) is 13.2 Å². The number of hydrogen-bond donors (Lipinski definition) is 1. The first-order valence-corrected chi connectivity index (χ1v) is 14.7. The summed E-state index contributed by atoms with van der Waals surface area (Å²) in [5, 5.41) is 4.69. The number of nitrogens with one attached hydrogen (secondary N) is 1. The number of anilines is 1. The van der Waals surface area contributed by atoms with Crippen molar-refractivity contribution in [3.63, 3.8) is 0 Å². The molecule has 1 aliphatic heterocycles. The van der Waals surface area contributed by atoms with Crippen LogP contribution in [0.4, 0.5) is 10.5 Å². The van der Waals surface area contributed by atoms with Crippen LogP contribution < -0.4 is 14.8 Å². The van der Waals surface area contributed by atoms with Crippen LogP contribution in [0.3, 0.4) is 0 Å². The van der Waals surface area contributed by atoms with E-state index in [1.165, 1.54) is 0 Å². The van der Waals surface area contributed by atoms with Crippen molar-refractivity contribution >= 4 is 78.9 Å². The average molecular weight is 652 g/mol. The smallest absolute Gasteiger partial charge is 0.294 e. The van der Waals surface area contributed by atoms with Gasteiger partial charge in [0.15, 0.2) is 11.5 Å². The van der Waals surface area contributed by atoms with Gasteiger partial charge in [-0.2, -0.15) is 0 Å². The third-order valence-corrected chi connectivity index (χ3v) is 8.16. The second-order valence-corrected chi connectivity index (χ2v) is 11.2. The lowest BCUT2D eigenvalue weighted by Crippen LogP contribution is -2.36. The Morgan fingerprint density at radius 2 is 1.73 bits per heavy atom. The van der Waals surface area contributed by atoms with Gasteiger partial charge >= 0.3 is 0 Å². The molecule has 0 bridgehead atoms. The number of ether oxygens (including phenoxy) is 2. The lowest BCUT2D eigenvalue weighted by atomic mass is 10.1. The molecule has 0 aliphatic carbocycles. The van der Waals surface area contributed by atoms with Gasteiger partial charge in [0.25, 0.3) is 11.1 Å². The number of nitrogens with zero attached hydrogens (tertiary/aromatic N) is 1.